The Labute approximate surface area is 202 Å². The molecule has 0 aliphatic rings. The third kappa shape index (κ3) is 4.81. The lowest BCUT2D eigenvalue weighted by molar-refractivity contribution is 0.256. The van der Waals surface area contributed by atoms with Crippen LogP contribution < -0.4 is 20.9 Å². The Balaban J connectivity index is 1.54. The monoisotopic (exact) mass is 523 g/mol. The van der Waals surface area contributed by atoms with Crippen molar-refractivity contribution in [1.29, 1.82) is 0 Å². The van der Waals surface area contributed by atoms with Gasteiger partial charge in [0.15, 0.2) is 0 Å². The van der Waals surface area contributed by atoms with Crippen LogP contribution in [0.4, 0.5) is 16.2 Å². The summed E-state index contributed by atoms with van der Waals surface area (Å²) in [6.45, 7) is 0. The number of nitrogens with zero attached hydrogens (tertiary/aromatic N) is 2. The van der Waals surface area contributed by atoms with E-state index in [1.165, 1.54) is 35.0 Å². The molecule has 170 valence electrons. The second-order valence-electron chi connectivity index (χ2n) is 6.68. The fraction of sp³-hybridized carbons (Fsp3) is 0.0500. The Morgan fingerprint density at radius 2 is 1.91 bits per heavy atom. The molecule has 0 fully saturated rings. The average molecular weight is 524 g/mol. The second kappa shape index (κ2) is 9.02. The van der Waals surface area contributed by atoms with Gasteiger partial charge in [0.1, 0.15) is 10.0 Å². The number of thiophene rings is 1. The number of pyridine rings is 2. The maximum Gasteiger partial charge on any atom is 0.333 e. The van der Waals surface area contributed by atoms with Crippen molar-refractivity contribution in [2.75, 3.05) is 17.7 Å². The molecule has 0 aliphatic carbocycles. The molecule has 0 saturated heterocycles. The summed E-state index contributed by atoms with van der Waals surface area (Å²) in [6, 6.07) is 9.88. The lowest BCUT2D eigenvalue weighted by Gasteiger charge is -2.10. The van der Waals surface area contributed by atoms with Crippen LogP contribution in [0, 0.1) is 0 Å². The summed E-state index contributed by atoms with van der Waals surface area (Å²) in [5.41, 5.74) is 0.618. The van der Waals surface area contributed by atoms with Gasteiger partial charge in [0.25, 0.3) is 15.6 Å². The Bertz CT molecular complexity index is 1530. The number of halogens is 2. The molecule has 0 saturated carbocycles. The number of carbonyl (C=O) groups is 1. The molecule has 0 atom stereocenters. The summed E-state index contributed by atoms with van der Waals surface area (Å²) in [4.78, 5) is 29.2. The Morgan fingerprint density at radius 1 is 1.12 bits per heavy atom. The number of benzene rings is 1. The lowest BCUT2D eigenvalue weighted by atomic mass is 10.1. The molecule has 4 rings (SSSR count). The smallest absolute Gasteiger partial charge is 0.333 e. The molecule has 3 aromatic heterocycles. The first-order valence-electron chi connectivity index (χ1n) is 9.26. The molecule has 1 aromatic carbocycles. The molecule has 0 unspecified atom stereocenters. The van der Waals surface area contributed by atoms with Crippen molar-refractivity contribution in [3.63, 3.8) is 0 Å². The number of urea groups is 1. The minimum atomic E-state index is -4.05. The number of carbonyl (C=O) groups excluding carboxylic acids is 1. The first kappa shape index (κ1) is 23.1. The highest BCUT2D eigenvalue weighted by atomic mass is 35.5. The molecule has 3 N–H and O–H groups in total. The standard InChI is InChI=1S/C20H15Cl2N5O4S2/c1-23-15-8-11-6-7-27(19(28)13(11)9-14(15)21)17-4-2-12(10-24-17)25-20(29)26-33(30,31)18-5-3-16(22)32-18/h2-10,23H,1H3,(H2,25,26,29). The van der Waals surface area contributed by atoms with Crippen molar-refractivity contribution < 1.29 is 13.2 Å². The van der Waals surface area contributed by atoms with Crippen molar-refractivity contribution >= 4 is 72.7 Å². The van der Waals surface area contributed by atoms with Crippen molar-refractivity contribution in [2.45, 2.75) is 4.21 Å². The zero-order chi connectivity index (χ0) is 23.8. The fourth-order valence-corrected chi connectivity index (χ4v) is 5.66. The van der Waals surface area contributed by atoms with E-state index < -0.39 is 16.1 Å². The van der Waals surface area contributed by atoms with Gasteiger partial charge in [-0.3, -0.25) is 9.36 Å². The Morgan fingerprint density at radius 3 is 2.55 bits per heavy atom. The number of amides is 2. The lowest BCUT2D eigenvalue weighted by Crippen LogP contribution is -2.34. The molecule has 0 bridgehead atoms. The number of aromatic nitrogens is 2. The second-order valence-corrected chi connectivity index (χ2v) is 10.7. The van der Waals surface area contributed by atoms with Crippen LogP contribution in [0.2, 0.25) is 9.36 Å². The third-order valence-corrected chi connectivity index (χ3v) is 7.92. The van der Waals surface area contributed by atoms with Crippen LogP contribution in [-0.4, -0.2) is 31.0 Å². The van der Waals surface area contributed by atoms with E-state index >= 15 is 0 Å². The van der Waals surface area contributed by atoms with E-state index in [-0.39, 0.29) is 19.8 Å². The number of sulfonamides is 1. The van der Waals surface area contributed by atoms with Crippen molar-refractivity contribution in [3.8, 4) is 5.82 Å². The van der Waals surface area contributed by atoms with Crippen molar-refractivity contribution in [2.24, 2.45) is 0 Å². The van der Waals surface area contributed by atoms with Gasteiger partial charge in [-0.1, -0.05) is 23.2 Å². The minimum Gasteiger partial charge on any atom is -0.387 e. The number of anilines is 2. The molecule has 0 radical (unpaired) electrons. The molecular weight excluding hydrogens is 509 g/mol. The molecule has 0 aliphatic heterocycles. The predicted octanol–water partition coefficient (Wildman–Crippen LogP) is 4.31. The molecule has 4 aromatic rings. The number of hydrogen-bond acceptors (Lipinski definition) is 7. The summed E-state index contributed by atoms with van der Waals surface area (Å²) in [6.07, 6.45) is 2.89. The van der Waals surface area contributed by atoms with Crippen LogP contribution in [0.1, 0.15) is 0 Å². The van der Waals surface area contributed by atoms with Crippen LogP contribution >= 0.6 is 34.5 Å². The average Bonchev–Trinajstić information content (AvgIpc) is 3.22. The van der Waals surface area contributed by atoms with Gasteiger partial charge in [0, 0.05) is 18.6 Å². The van der Waals surface area contributed by atoms with Gasteiger partial charge in [0.2, 0.25) is 0 Å². The van der Waals surface area contributed by atoms with Crippen molar-refractivity contribution in [3.05, 3.63) is 74.6 Å². The number of rotatable bonds is 5. The number of hydrogen-bond donors (Lipinski definition) is 3. The molecule has 2 amide bonds. The summed E-state index contributed by atoms with van der Waals surface area (Å²) in [5.74, 6) is 0.308. The highest BCUT2D eigenvalue weighted by molar-refractivity contribution is 7.92. The summed E-state index contributed by atoms with van der Waals surface area (Å²) in [5, 5.41) is 6.90. The van der Waals surface area contributed by atoms with E-state index in [2.05, 4.69) is 15.6 Å². The minimum absolute atomic E-state index is 0.0891. The predicted molar refractivity (Wildman–Crippen MR) is 131 cm³/mol. The third-order valence-electron chi connectivity index (χ3n) is 4.55. The highest BCUT2D eigenvalue weighted by Gasteiger charge is 2.20. The van der Waals surface area contributed by atoms with Crippen LogP contribution in [0.25, 0.3) is 16.6 Å². The largest absolute Gasteiger partial charge is 0.387 e. The van der Waals surface area contributed by atoms with E-state index in [9.17, 15) is 18.0 Å². The Hall–Kier alpha value is -3.12. The van der Waals surface area contributed by atoms with Crippen LogP contribution in [0.15, 0.2) is 63.9 Å². The van der Waals surface area contributed by atoms with E-state index in [1.54, 1.807) is 31.4 Å². The van der Waals surface area contributed by atoms with Gasteiger partial charge >= 0.3 is 6.03 Å². The molecule has 0 spiro atoms. The summed E-state index contributed by atoms with van der Waals surface area (Å²) >= 11 is 12.8. The Kier molecular flexibility index (Phi) is 6.30. The summed E-state index contributed by atoms with van der Waals surface area (Å²) in [7, 11) is -2.32. The van der Waals surface area contributed by atoms with E-state index in [0.29, 0.717) is 27.3 Å². The van der Waals surface area contributed by atoms with Gasteiger partial charge in [-0.2, -0.15) is 0 Å². The zero-order valence-electron chi connectivity index (χ0n) is 16.8. The van der Waals surface area contributed by atoms with Crippen LogP contribution in [0.3, 0.4) is 0 Å². The number of fused-ring (bicyclic) bond motifs is 1. The van der Waals surface area contributed by atoms with Crippen molar-refractivity contribution in [1.82, 2.24) is 14.3 Å². The number of nitrogens with one attached hydrogen (secondary N) is 3. The van der Waals surface area contributed by atoms with Gasteiger partial charge in [0.05, 0.1) is 26.9 Å². The maximum atomic E-state index is 12.9. The van der Waals surface area contributed by atoms with Gasteiger partial charge in [-0.15, -0.1) is 11.3 Å². The SMILES string of the molecule is CNc1cc2ccn(-c3ccc(NC(=O)NS(=O)(=O)c4ccc(Cl)s4)cn3)c(=O)c2cc1Cl. The van der Waals surface area contributed by atoms with E-state index in [4.69, 9.17) is 23.2 Å². The van der Waals surface area contributed by atoms with Gasteiger partial charge < -0.3 is 10.6 Å². The van der Waals surface area contributed by atoms with Gasteiger partial charge in [-0.25, -0.2) is 22.9 Å². The molecule has 33 heavy (non-hydrogen) atoms. The van der Waals surface area contributed by atoms with E-state index in [1.807, 2.05) is 4.72 Å². The zero-order valence-corrected chi connectivity index (χ0v) is 19.9. The van der Waals surface area contributed by atoms with Gasteiger partial charge in [-0.05, 0) is 47.9 Å². The maximum absolute atomic E-state index is 12.9. The molecular formula is C20H15Cl2N5O4S2. The van der Waals surface area contributed by atoms with E-state index in [0.717, 1.165) is 11.3 Å². The molecule has 9 nitrogen and oxygen atoms in total. The normalized spacial score (nSPS) is 11.4. The first-order valence-corrected chi connectivity index (χ1v) is 12.3. The van der Waals surface area contributed by atoms with Crippen LogP contribution in [-0.2, 0) is 10.0 Å². The highest BCUT2D eigenvalue weighted by Crippen LogP contribution is 2.27. The molecule has 3 heterocycles. The topological polar surface area (TPSA) is 122 Å². The quantitative estimate of drug-likeness (QED) is 0.358. The fourth-order valence-electron chi connectivity index (χ4n) is 3.01. The summed E-state index contributed by atoms with van der Waals surface area (Å²) < 4.78 is 27.8. The van der Waals surface area contributed by atoms with Crippen LogP contribution in [0.5, 0.6) is 0 Å². The molecule has 13 heteroatoms. The first-order chi connectivity index (χ1) is 15.7.